The molecule has 0 amide bonds. The van der Waals surface area contributed by atoms with Crippen molar-refractivity contribution < 1.29 is 5.11 Å². The largest absolute Gasteiger partial charge is 0.392 e. The maximum absolute atomic E-state index is 11.1. The van der Waals surface area contributed by atoms with Crippen LogP contribution in [-0.4, -0.2) is 17.8 Å². The van der Waals surface area contributed by atoms with E-state index in [1.807, 2.05) is 0 Å². The van der Waals surface area contributed by atoms with Crippen LogP contribution in [0.5, 0.6) is 0 Å². The molecule has 2 nitrogen and oxygen atoms in total. The lowest BCUT2D eigenvalue weighted by molar-refractivity contribution is -0.0549. The van der Waals surface area contributed by atoms with Crippen molar-refractivity contribution in [1.29, 1.82) is 0 Å². The first-order valence-corrected chi connectivity index (χ1v) is 8.56. The summed E-state index contributed by atoms with van der Waals surface area (Å²) in [7, 11) is 0. The molecule has 5 unspecified atom stereocenters. The highest BCUT2D eigenvalue weighted by Crippen LogP contribution is 2.47. The Hall–Kier alpha value is -0.340. The van der Waals surface area contributed by atoms with Gasteiger partial charge in [-0.15, -0.1) is 0 Å². The van der Waals surface area contributed by atoms with Crippen LogP contribution in [-0.2, 0) is 0 Å². The van der Waals surface area contributed by atoms with Crippen molar-refractivity contribution >= 4 is 0 Å². The molecule has 3 N–H and O–H groups in total. The van der Waals surface area contributed by atoms with E-state index in [2.05, 4.69) is 26.8 Å². The van der Waals surface area contributed by atoms with E-state index < -0.39 is 0 Å². The monoisotopic (exact) mass is 279 g/mol. The summed E-state index contributed by atoms with van der Waals surface area (Å²) in [6, 6.07) is 0. The molecule has 0 aromatic heterocycles. The molecule has 2 heteroatoms. The summed E-state index contributed by atoms with van der Waals surface area (Å²) in [5.41, 5.74) is 7.59. The number of allylic oxidation sites excluding steroid dienone is 2. The standard InChI is InChI=1S/C18H33NO/c1-4-15-6-5-7-18(11-15,12-19)17(20)16-9-13(2)8-14(3)10-16/h8,13,15-17,20H,4-7,9-12,19H2,1-3H3. The van der Waals surface area contributed by atoms with E-state index in [4.69, 9.17) is 5.73 Å². The first-order valence-electron chi connectivity index (χ1n) is 8.56. The minimum atomic E-state index is -0.215. The summed E-state index contributed by atoms with van der Waals surface area (Å²) >= 11 is 0. The van der Waals surface area contributed by atoms with Gasteiger partial charge in [0.1, 0.15) is 0 Å². The molecule has 0 aromatic carbocycles. The van der Waals surface area contributed by atoms with E-state index in [9.17, 15) is 5.11 Å². The molecule has 0 aromatic rings. The Morgan fingerprint density at radius 3 is 2.85 bits per heavy atom. The van der Waals surface area contributed by atoms with Gasteiger partial charge in [0.25, 0.3) is 0 Å². The van der Waals surface area contributed by atoms with Crippen molar-refractivity contribution in [2.75, 3.05) is 6.54 Å². The molecule has 5 atom stereocenters. The van der Waals surface area contributed by atoms with Crippen molar-refractivity contribution in [3.05, 3.63) is 11.6 Å². The summed E-state index contributed by atoms with van der Waals surface area (Å²) in [4.78, 5) is 0. The summed E-state index contributed by atoms with van der Waals surface area (Å²) in [6.45, 7) is 7.41. The van der Waals surface area contributed by atoms with Crippen molar-refractivity contribution in [2.24, 2.45) is 28.9 Å². The molecule has 20 heavy (non-hydrogen) atoms. The second-order valence-corrected chi connectivity index (χ2v) is 7.57. The predicted molar refractivity (Wildman–Crippen MR) is 85.4 cm³/mol. The van der Waals surface area contributed by atoms with Gasteiger partial charge >= 0.3 is 0 Å². The van der Waals surface area contributed by atoms with Crippen LogP contribution >= 0.6 is 0 Å². The molecular weight excluding hydrogens is 246 g/mol. The minimum Gasteiger partial charge on any atom is -0.392 e. The Morgan fingerprint density at radius 1 is 1.50 bits per heavy atom. The summed E-state index contributed by atoms with van der Waals surface area (Å²) in [6.07, 6.45) is 10.4. The van der Waals surface area contributed by atoms with Crippen LogP contribution in [0, 0.1) is 23.2 Å². The predicted octanol–water partition coefficient (Wildman–Crippen LogP) is 3.89. The van der Waals surface area contributed by atoms with Crippen LogP contribution in [0.25, 0.3) is 0 Å². The van der Waals surface area contributed by atoms with Crippen LogP contribution in [0.15, 0.2) is 11.6 Å². The molecule has 116 valence electrons. The fourth-order valence-corrected chi connectivity index (χ4v) is 4.78. The van der Waals surface area contributed by atoms with Crippen molar-refractivity contribution in [2.45, 2.75) is 71.8 Å². The van der Waals surface area contributed by atoms with E-state index in [1.54, 1.807) is 0 Å². The maximum atomic E-state index is 11.1. The molecule has 0 spiro atoms. The fourth-order valence-electron chi connectivity index (χ4n) is 4.78. The Morgan fingerprint density at radius 2 is 2.25 bits per heavy atom. The van der Waals surface area contributed by atoms with Crippen molar-refractivity contribution in [3.63, 3.8) is 0 Å². The Bertz CT molecular complexity index is 351. The molecule has 2 aliphatic carbocycles. The molecule has 1 saturated carbocycles. The molecule has 0 heterocycles. The number of aliphatic hydroxyl groups excluding tert-OH is 1. The topological polar surface area (TPSA) is 46.2 Å². The second kappa shape index (κ2) is 6.62. The summed E-state index contributed by atoms with van der Waals surface area (Å²) in [5.74, 6) is 1.78. The zero-order valence-electron chi connectivity index (χ0n) is 13.6. The molecule has 0 bridgehead atoms. The van der Waals surface area contributed by atoms with Gasteiger partial charge in [-0.1, -0.05) is 44.8 Å². The first kappa shape index (κ1) is 16.0. The molecule has 0 radical (unpaired) electrons. The van der Waals surface area contributed by atoms with E-state index in [0.717, 1.165) is 31.6 Å². The SMILES string of the molecule is CCC1CCCC(CN)(C(O)C2CC(C)=CC(C)C2)C1. The smallest absolute Gasteiger partial charge is 0.0640 e. The van der Waals surface area contributed by atoms with Crippen LogP contribution < -0.4 is 5.73 Å². The third kappa shape index (κ3) is 3.28. The van der Waals surface area contributed by atoms with Gasteiger partial charge in [-0.2, -0.15) is 0 Å². The van der Waals surface area contributed by atoms with E-state index in [-0.39, 0.29) is 11.5 Å². The van der Waals surface area contributed by atoms with Gasteiger partial charge in [0.15, 0.2) is 0 Å². The number of nitrogens with two attached hydrogens (primary N) is 1. The zero-order chi connectivity index (χ0) is 14.8. The Balaban J connectivity index is 2.12. The third-order valence-electron chi connectivity index (χ3n) is 5.87. The third-order valence-corrected chi connectivity index (χ3v) is 5.87. The van der Waals surface area contributed by atoms with E-state index >= 15 is 0 Å². The molecule has 2 rings (SSSR count). The molecule has 2 aliphatic rings. The Kier molecular flexibility index (Phi) is 5.30. The van der Waals surface area contributed by atoms with Gasteiger partial charge in [0.05, 0.1) is 6.10 Å². The normalized spacial score (nSPS) is 40.2. The highest BCUT2D eigenvalue weighted by Gasteiger charge is 2.44. The first-order chi connectivity index (χ1) is 9.50. The van der Waals surface area contributed by atoms with Crippen LogP contribution in [0.2, 0.25) is 0 Å². The van der Waals surface area contributed by atoms with Crippen LogP contribution in [0.4, 0.5) is 0 Å². The Labute approximate surface area is 124 Å². The minimum absolute atomic E-state index is 0.0130. The van der Waals surface area contributed by atoms with Gasteiger partial charge in [-0.05, 0) is 50.4 Å². The lowest BCUT2D eigenvalue weighted by Crippen LogP contribution is -2.49. The quantitative estimate of drug-likeness (QED) is 0.767. The van der Waals surface area contributed by atoms with E-state index in [1.165, 1.54) is 24.8 Å². The van der Waals surface area contributed by atoms with Gasteiger partial charge in [0.2, 0.25) is 0 Å². The van der Waals surface area contributed by atoms with Gasteiger partial charge in [0, 0.05) is 12.0 Å². The summed E-state index contributed by atoms with van der Waals surface area (Å²) < 4.78 is 0. The van der Waals surface area contributed by atoms with Gasteiger partial charge in [-0.25, -0.2) is 0 Å². The zero-order valence-corrected chi connectivity index (χ0v) is 13.6. The van der Waals surface area contributed by atoms with E-state index in [0.29, 0.717) is 18.4 Å². The second-order valence-electron chi connectivity index (χ2n) is 7.57. The highest BCUT2D eigenvalue weighted by molar-refractivity contribution is 5.09. The molecule has 0 saturated heterocycles. The lowest BCUT2D eigenvalue weighted by Gasteiger charge is -2.47. The maximum Gasteiger partial charge on any atom is 0.0640 e. The van der Waals surface area contributed by atoms with Crippen LogP contribution in [0.3, 0.4) is 0 Å². The molecular formula is C18H33NO. The summed E-state index contributed by atoms with van der Waals surface area (Å²) in [5, 5.41) is 11.1. The number of aliphatic hydroxyl groups is 1. The molecule has 0 aliphatic heterocycles. The number of rotatable bonds is 4. The van der Waals surface area contributed by atoms with Crippen LogP contribution in [0.1, 0.15) is 65.7 Å². The van der Waals surface area contributed by atoms with Gasteiger partial charge < -0.3 is 10.8 Å². The van der Waals surface area contributed by atoms with Crippen molar-refractivity contribution in [1.82, 2.24) is 0 Å². The highest BCUT2D eigenvalue weighted by atomic mass is 16.3. The van der Waals surface area contributed by atoms with Crippen molar-refractivity contribution in [3.8, 4) is 0 Å². The van der Waals surface area contributed by atoms with Gasteiger partial charge in [-0.3, -0.25) is 0 Å². The molecule has 1 fully saturated rings. The number of hydrogen-bond acceptors (Lipinski definition) is 2. The average Bonchev–Trinajstić information content (AvgIpc) is 2.45. The number of hydrogen-bond donors (Lipinski definition) is 2. The average molecular weight is 279 g/mol. The lowest BCUT2D eigenvalue weighted by atomic mass is 9.61. The fraction of sp³-hybridized carbons (Fsp3) is 0.889.